The minimum atomic E-state index is -1.02. The van der Waals surface area contributed by atoms with Crippen molar-refractivity contribution in [1.29, 1.82) is 0 Å². The molecule has 0 fully saturated rings. The summed E-state index contributed by atoms with van der Waals surface area (Å²) in [7, 11) is 0. The minimum absolute atomic E-state index is 0.111. The molecule has 0 unspecified atom stereocenters. The second-order valence-electron chi connectivity index (χ2n) is 4.49. The summed E-state index contributed by atoms with van der Waals surface area (Å²) in [5.74, 6) is -1.33. The predicted molar refractivity (Wildman–Crippen MR) is 70.6 cm³/mol. The Bertz CT molecular complexity index is 417. The van der Waals surface area contributed by atoms with Gasteiger partial charge < -0.3 is 14.7 Å². The molecule has 0 radical (unpaired) electrons. The molecule has 5 heteroatoms. The molecule has 1 aromatic rings. The molecule has 1 aromatic carbocycles. The third kappa shape index (κ3) is 5.52. The van der Waals surface area contributed by atoms with E-state index in [4.69, 9.17) is 9.84 Å². The highest BCUT2D eigenvalue weighted by molar-refractivity contribution is 5.82. The first-order chi connectivity index (χ1) is 9.00. The van der Waals surface area contributed by atoms with Crippen molar-refractivity contribution in [2.24, 2.45) is 0 Å². The summed E-state index contributed by atoms with van der Waals surface area (Å²) in [4.78, 5) is 23.8. The molecule has 0 bridgehead atoms. The van der Waals surface area contributed by atoms with Gasteiger partial charge in [-0.25, -0.2) is 0 Å². The van der Waals surface area contributed by atoms with E-state index in [1.807, 2.05) is 30.3 Å². The van der Waals surface area contributed by atoms with E-state index in [0.29, 0.717) is 6.61 Å². The summed E-state index contributed by atoms with van der Waals surface area (Å²) in [5.41, 5.74) is 0.977. The van der Waals surface area contributed by atoms with Gasteiger partial charge >= 0.3 is 5.97 Å². The average molecular weight is 265 g/mol. The van der Waals surface area contributed by atoms with Crippen LogP contribution < -0.4 is 0 Å². The SMILES string of the molecule is CC(C)N(CC(=O)O)C(=O)COCc1ccccc1. The van der Waals surface area contributed by atoms with E-state index < -0.39 is 5.97 Å². The number of amides is 1. The smallest absolute Gasteiger partial charge is 0.323 e. The summed E-state index contributed by atoms with van der Waals surface area (Å²) in [6.07, 6.45) is 0. The number of benzene rings is 1. The molecular formula is C14H19NO4. The summed E-state index contributed by atoms with van der Waals surface area (Å²) < 4.78 is 5.31. The molecule has 0 spiro atoms. The zero-order valence-electron chi connectivity index (χ0n) is 11.2. The number of rotatable bonds is 7. The van der Waals surface area contributed by atoms with Gasteiger partial charge in [-0.3, -0.25) is 9.59 Å². The van der Waals surface area contributed by atoms with Crippen LogP contribution in [0.4, 0.5) is 0 Å². The third-order valence-corrected chi connectivity index (χ3v) is 2.59. The van der Waals surface area contributed by atoms with Gasteiger partial charge in [0.2, 0.25) is 5.91 Å². The molecule has 1 rings (SSSR count). The lowest BCUT2D eigenvalue weighted by Gasteiger charge is -2.24. The Morgan fingerprint density at radius 1 is 1.26 bits per heavy atom. The van der Waals surface area contributed by atoms with Crippen molar-refractivity contribution in [1.82, 2.24) is 4.90 Å². The predicted octanol–water partition coefficient (Wildman–Crippen LogP) is 1.52. The van der Waals surface area contributed by atoms with E-state index in [1.165, 1.54) is 4.90 Å². The zero-order chi connectivity index (χ0) is 14.3. The molecule has 0 aliphatic carbocycles. The first-order valence-corrected chi connectivity index (χ1v) is 6.13. The van der Waals surface area contributed by atoms with Gasteiger partial charge in [0.15, 0.2) is 0 Å². The molecule has 0 saturated heterocycles. The average Bonchev–Trinajstić information content (AvgIpc) is 2.36. The van der Waals surface area contributed by atoms with Crippen molar-refractivity contribution >= 4 is 11.9 Å². The van der Waals surface area contributed by atoms with Crippen LogP contribution in [-0.2, 0) is 20.9 Å². The van der Waals surface area contributed by atoms with Crippen molar-refractivity contribution in [3.05, 3.63) is 35.9 Å². The van der Waals surface area contributed by atoms with E-state index >= 15 is 0 Å². The number of carboxylic acids is 1. The van der Waals surface area contributed by atoms with E-state index in [2.05, 4.69) is 0 Å². The maximum atomic E-state index is 11.8. The molecule has 0 saturated carbocycles. The van der Waals surface area contributed by atoms with Crippen LogP contribution in [0.2, 0.25) is 0 Å². The standard InChI is InChI=1S/C14H19NO4/c1-11(2)15(8-14(17)18)13(16)10-19-9-12-6-4-3-5-7-12/h3-7,11H,8-10H2,1-2H3,(H,17,18). The number of nitrogens with zero attached hydrogens (tertiary/aromatic N) is 1. The van der Waals surface area contributed by atoms with Gasteiger partial charge in [-0.15, -0.1) is 0 Å². The highest BCUT2D eigenvalue weighted by Crippen LogP contribution is 2.03. The van der Waals surface area contributed by atoms with Gasteiger partial charge in [0, 0.05) is 6.04 Å². The minimum Gasteiger partial charge on any atom is -0.480 e. The van der Waals surface area contributed by atoms with Gasteiger partial charge in [-0.1, -0.05) is 30.3 Å². The molecule has 0 aliphatic heterocycles. The number of carbonyl (C=O) groups excluding carboxylic acids is 1. The number of aliphatic carboxylic acids is 1. The molecule has 19 heavy (non-hydrogen) atoms. The molecule has 1 amide bonds. The summed E-state index contributed by atoms with van der Waals surface area (Å²) in [6, 6.07) is 9.34. The van der Waals surface area contributed by atoms with Crippen LogP contribution in [0, 0.1) is 0 Å². The Morgan fingerprint density at radius 3 is 2.42 bits per heavy atom. The van der Waals surface area contributed by atoms with Crippen molar-refractivity contribution in [2.45, 2.75) is 26.5 Å². The van der Waals surface area contributed by atoms with Crippen LogP contribution >= 0.6 is 0 Å². The molecule has 0 aliphatic rings. The normalized spacial score (nSPS) is 10.5. The molecule has 0 atom stereocenters. The quantitative estimate of drug-likeness (QED) is 0.811. The van der Waals surface area contributed by atoms with Crippen LogP contribution in [-0.4, -0.2) is 41.1 Å². The van der Waals surface area contributed by atoms with Crippen LogP contribution in [0.1, 0.15) is 19.4 Å². The monoisotopic (exact) mass is 265 g/mol. The first-order valence-electron chi connectivity index (χ1n) is 6.13. The Morgan fingerprint density at radius 2 is 1.89 bits per heavy atom. The molecular weight excluding hydrogens is 246 g/mol. The summed E-state index contributed by atoms with van der Waals surface area (Å²) in [5, 5.41) is 8.75. The molecule has 5 nitrogen and oxygen atoms in total. The Labute approximate surface area is 112 Å². The Hall–Kier alpha value is -1.88. The van der Waals surface area contributed by atoms with Gasteiger partial charge in [0.1, 0.15) is 13.2 Å². The van der Waals surface area contributed by atoms with Crippen LogP contribution in [0.15, 0.2) is 30.3 Å². The molecule has 1 N–H and O–H groups in total. The van der Waals surface area contributed by atoms with Gasteiger partial charge in [0.05, 0.1) is 6.61 Å². The fourth-order valence-electron chi connectivity index (χ4n) is 1.62. The second kappa shape index (κ2) is 7.53. The zero-order valence-corrected chi connectivity index (χ0v) is 11.2. The first kappa shape index (κ1) is 15.2. The van der Waals surface area contributed by atoms with E-state index in [1.54, 1.807) is 13.8 Å². The lowest BCUT2D eigenvalue weighted by atomic mass is 10.2. The maximum Gasteiger partial charge on any atom is 0.323 e. The fourth-order valence-corrected chi connectivity index (χ4v) is 1.62. The van der Waals surface area contributed by atoms with Crippen molar-refractivity contribution in [3.63, 3.8) is 0 Å². The summed E-state index contributed by atoms with van der Waals surface area (Å²) >= 11 is 0. The van der Waals surface area contributed by atoms with Crippen LogP contribution in [0.25, 0.3) is 0 Å². The van der Waals surface area contributed by atoms with Crippen LogP contribution in [0.5, 0.6) is 0 Å². The maximum absolute atomic E-state index is 11.8. The number of hydrogen-bond donors (Lipinski definition) is 1. The Kier molecular flexibility index (Phi) is 6.02. The van der Waals surface area contributed by atoms with Gasteiger partial charge in [-0.2, -0.15) is 0 Å². The lowest BCUT2D eigenvalue weighted by molar-refractivity contribution is -0.148. The number of carboxylic acid groups (broad SMARTS) is 1. The van der Waals surface area contributed by atoms with Gasteiger partial charge in [-0.05, 0) is 19.4 Å². The number of hydrogen-bond acceptors (Lipinski definition) is 3. The number of carbonyl (C=O) groups is 2. The van der Waals surface area contributed by atoms with E-state index in [9.17, 15) is 9.59 Å². The van der Waals surface area contributed by atoms with Crippen LogP contribution in [0.3, 0.4) is 0 Å². The third-order valence-electron chi connectivity index (χ3n) is 2.59. The van der Waals surface area contributed by atoms with E-state index in [-0.39, 0.29) is 25.1 Å². The Balaban J connectivity index is 2.42. The summed E-state index contributed by atoms with van der Waals surface area (Å²) in [6.45, 7) is 3.48. The molecule has 0 aromatic heterocycles. The van der Waals surface area contributed by atoms with Gasteiger partial charge in [0.25, 0.3) is 0 Å². The van der Waals surface area contributed by atoms with Crippen molar-refractivity contribution in [2.75, 3.05) is 13.2 Å². The topological polar surface area (TPSA) is 66.8 Å². The second-order valence-corrected chi connectivity index (χ2v) is 4.49. The molecule has 104 valence electrons. The largest absolute Gasteiger partial charge is 0.480 e. The molecule has 0 heterocycles. The fraction of sp³-hybridized carbons (Fsp3) is 0.429. The highest BCUT2D eigenvalue weighted by atomic mass is 16.5. The van der Waals surface area contributed by atoms with Crippen molar-refractivity contribution < 1.29 is 19.4 Å². The highest BCUT2D eigenvalue weighted by Gasteiger charge is 2.19. The number of ether oxygens (including phenoxy) is 1. The van der Waals surface area contributed by atoms with Crippen molar-refractivity contribution in [3.8, 4) is 0 Å². The van der Waals surface area contributed by atoms with E-state index in [0.717, 1.165) is 5.56 Å². The lowest BCUT2D eigenvalue weighted by Crippen LogP contribution is -2.42.